The minimum absolute atomic E-state index is 0.0884. The Morgan fingerprint density at radius 2 is 1.44 bits per heavy atom. The van der Waals surface area contributed by atoms with Crippen molar-refractivity contribution < 1.29 is 19.4 Å². The second kappa shape index (κ2) is 19.5. The van der Waals surface area contributed by atoms with Crippen LogP contribution in [0, 0.1) is 17.8 Å². The molecule has 0 saturated heterocycles. The molecule has 1 N–H and O–H groups in total. The fourth-order valence-corrected chi connectivity index (χ4v) is 6.22. The van der Waals surface area contributed by atoms with Crippen LogP contribution in [0.5, 0.6) is 0 Å². The molecular weight excluding hydrogens is 510 g/mol. The summed E-state index contributed by atoms with van der Waals surface area (Å²) in [5, 5.41) is 9.31. The number of hydrogen-bond donors (Lipinski definition) is 1. The molecule has 5 heteroatoms. The first-order valence-corrected chi connectivity index (χ1v) is 15.9. The lowest BCUT2D eigenvalue weighted by atomic mass is 9.78. The van der Waals surface area contributed by atoms with Crippen molar-refractivity contribution in [2.75, 3.05) is 27.3 Å². The van der Waals surface area contributed by atoms with Gasteiger partial charge in [0.2, 0.25) is 5.91 Å². The topological polar surface area (TPSA) is 66.8 Å². The van der Waals surface area contributed by atoms with E-state index in [1.807, 2.05) is 6.07 Å². The average molecular weight is 566 g/mol. The van der Waals surface area contributed by atoms with Crippen molar-refractivity contribution in [2.45, 2.75) is 96.8 Å². The number of aliphatic hydroxyl groups is 1. The molecular formula is C36H55NO4. The Kier molecular flexibility index (Phi) is 16.4. The SMILES string of the molecule is CCC(CCCC(CCCC(C)c1ccccc1)C(CC(=O)N(C)CCO)C(=O)OC)CC(CC)c1ccccc1. The molecule has 5 nitrogen and oxygen atoms in total. The smallest absolute Gasteiger partial charge is 0.309 e. The van der Waals surface area contributed by atoms with E-state index >= 15 is 0 Å². The molecule has 0 aliphatic rings. The molecule has 0 aliphatic heterocycles. The zero-order valence-corrected chi connectivity index (χ0v) is 26.3. The summed E-state index contributed by atoms with van der Waals surface area (Å²) in [6.07, 6.45) is 9.61. The second-order valence-electron chi connectivity index (χ2n) is 11.8. The Hall–Kier alpha value is -2.66. The highest BCUT2D eigenvalue weighted by Gasteiger charge is 2.32. The number of carbonyl (C=O) groups is 2. The van der Waals surface area contributed by atoms with Crippen molar-refractivity contribution in [2.24, 2.45) is 17.8 Å². The van der Waals surface area contributed by atoms with Crippen LogP contribution in [0.4, 0.5) is 0 Å². The lowest BCUT2D eigenvalue weighted by Gasteiger charge is -2.28. The van der Waals surface area contributed by atoms with Crippen molar-refractivity contribution in [1.82, 2.24) is 4.90 Å². The highest BCUT2D eigenvalue weighted by molar-refractivity contribution is 5.83. The highest BCUT2D eigenvalue weighted by Crippen LogP contribution is 2.34. The molecule has 0 aromatic heterocycles. The van der Waals surface area contributed by atoms with E-state index < -0.39 is 5.92 Å². The van der Waals surface area contributed by atoms with Crippen LogP contribution in [-0.4, -0.2) is 49.2 Å². The third-order valence-electron chi connectivity index (χ3n) is 9.06. The first-order chi connectivity index (χ1) is 19.8. The Bertz CT molecular complexity index is 980. The van der Waals surface area contributed by atoms with Gasteiger partial charge in [-0.2, -0.15) is 0 Å². The van der Waals surface area contributed by atoms with Crippen LogP contribution in [0.2, 0.25) is 0 Å². The summed E-state index contributed by atoms with van der Waals surface area (Å²) in [4.78, 5) is 27.5. The van der Waals surface area contributed by atoms with Crippen molar-refractivity contribution in [3.8, 4) is 0 Å². The zero-order valence-electron chi connectivity index (χ0n) is 26.3. The molecule has 5 atom stereocenters. The van der Waals surface area contributed by atoms with Gasteiger partial charge in [-0.1, -0.05) is 107 Å². The lowest BCUT2D eigenvalue weighted by Crippen LogP contribution is -2.35. The molecule has 2 aromatic carbocycles. The maximum atomic E-state index is 13.0. The summed E-state index contributed by atoms with van der Waals surface area (Å²) in [5.41, 5.74) is 2.76. The molecule has 0 fully saturated rings. The Labute approximate surface area is 249 Å². The predicted octanol–water partition coefficient (Wildman–Crippen LogP) is 7.99. The summed E-state index contributed by atoms with van der Waals surface area (Å²) >= 11 is 0. The summed E-state index contributed by atoms with van der Waals surface area (Å²) < 4.78 is 5.24. The van der Waals surface area contributed by atoms with Crippen molar-refractivity contribution in [3.05, 3.63) is 71.8 Å². The fraction of sp³-hybridized carbons (Fsp3) is 0.611. The predicted molar refractivity (Wildman–Crippen MR) is 169 cm³/mol. The van der Waals surface area contributed by atoms with Crippen LogP contribution >= 0.6 is 0 Å². The van der Waals surface area contributed by atoms with Crippen LogP contribution in [0.1, 0.15) is 108 Å². The highest BCUT2D eigenvalue weighted by atomic mass is 16.5. The minimum atomic E-state index is -0.464. The van der Waals surface area contributed by atoms with Gasteiger partial charge in [0.25, 0.3) is 0 Å². The van der Waals surface area contributed by atoms with Crippen molar-refractivity contribution >= 4 is 11.9 Å². The monoisotopic (exact) mass is 565 g/mol. The van der Waals surface area contributed by atoms with Crippen molar-refractivity contribution in [1.29, 1.82) is 0 Å². The van der Waals surface area contributed by atoms with Gasteiger partial charge < -0.3 is 14.7 Å². The number of ether oxygens (including phenoxy) is 1. The van der Waals surface area contributed by atoms with Crippen LogP contribution < -0.4 is 0 Å². The molecule has 41 heavy (non-hydrogen) atoms. The van der Waals surface area contributed by atoms with E-state index in [-0.39, 0.29) is 37.4 Å². The number of rotatable bonds is 20. The first-order valence-electron chi connectivity index (χ1n) is 15.9. The van der Waals surface area contributed by atoms with Gasteiger partial charge in [-0.3, -0.25) is 9.59 Å². The van der Waals surface area contributed by atoms with Gasteiger partial charge >= 0.3 is 5.97 Å². The molecule has 2 aromatic rings. The maximum absolute atomic E-state index is 13.0. The maximum Gasteiger partial charge on any atom is 0.309 e. The number of carbonyl (C=O) groups excluding carboxylic acids is 2. The molecule has 0 spiro atoms. The number of esters is 1. The van der Waals surface area contributed by atoms with Gasteiger partial charge in [-0.25, -0.2) is 0 Å². The standard InChI is InChI=1S/C36H55NO4/c1-6-29(26-30(7-2)32-20-12-9-13-21-32)17-15-23-33(22-14-16-28(3)31-18-10-8-11-19-31)34(36(40)41-5)27-35(39)37(4)24-25-38/h8-13,18-21,28-30,33-34,38H,6-7,14-17,22-27H2,1-5H3. The lowest BCUT2D eigenvalue weighted by molar-refractivity contribution is -0.151. The Balaban J connectivity index is 2.10. The quantitative estimate of drug-likeness (QED) is 0.165. The third kappa shape index (κ3) is 12.0. The molecule has 228 valence electrons. The van der Waals surface area contributed by atoms with Gasteiger partial charge in [0, 0.05) is 20.0 Å². The number of hydrogen-bond acceptors (Lipinski definition) is 4. The van der Waals surface area contributed by atoms with Gasteiger partial charge in [-0.15, -0.1) is 0 Å². The molecule has 0 radical (unpaired) electrons. The van der Waals surface area contributed by atoms with Crippen LogP contribution in [-0.2, 0) is 14.3 Å². The van der Waals surface area contributed by atoms with Crippen LogP contribution in [0.15, 0.2) is 60.7 Å². The first kappa shape index (κ1) is 34.5. The second-order valence-corrected chi connectivity index (χ2v) is 11.8. The summed E-state index contributed by atoms with van der Waals surface area (Å²) in [7, 11) is 3.11. The molecule has 1 amide bonds. The molecule has 5 unspecified atom stereocenters. The minimum Gasteiger partial charge on any atom is -0.469 e. The number of likely N-dealkylation sites (N-methyl/N-ethyl adjacent to an activating group) is 1. The van der Waals surface area contributed by atoms with Crippen LogP contribution in [0.3, 0.4) is 0 Å². The fourth-order valence-electron chi connectivity index (χ4n) is 6.22. The molecule has 0 bridgehead atoms. The number of benzene rings is 2. The normalized spacial score (nSPS) is 15.0. The summed E-state index contributed by atoms with van der Waals surface area (Å²) in [6, 6.07) is 21.4. The number of nitrogens with zero attached hydrogens (tertiary/aromatic N) is 1. The Morgan fingerprint density at radius 1 is 0.854 bits per heavy atom. The van der Waals surface area contributed by atoms with E-state index in [4.69, 9.17) is 4.74 Å². The molecule has 0 aliphatic carbocycles. The summed E-state index contributed by atoms with van der Waals surface area (Å²) in [5.74, 6) is 0.862. The van der Waals surface area contributed by atoms with Gasteiger partial charge in [0.1, 0.15) is 0 Å². The summed E-state index contributed by atoms with van der Waals surface area (Å²) in [6.45, 7) is 7.01. The van der Waals surface area contributed by atoms with Crippen molar-refractivity contribution in [3.63, 3.8) is 0 Å². The number of aliphatic hydroxyl groups excluding tert-OH is 1. The number of methoxy groups -OCH3 is 1. The Morgan fingerprint density at radius 3 is 1.98 bits per heavy atom. The number of amides is 1. The van der Waals surface area contributed by atoms with E-state index in [2.05, 4.69) is 75.4 Å². The van der Waals surface area contributed by atoms with E-state index in [0.29, 0.717) is 17.8 Å². The average Bonchev–Trinajstić information content (AvgIpc) is 3.01. The zero-order chi connectivity index (χ0) is 30.0. The molecule has 0 saturated carbocycles. The third-order valence-corrected chi connectivity index (χ3v) is 9.06. The van der Waals surface area contributed by atoms with E-state index in [1.54, 1.807) is 7.05 Å². The van der Waals surface area contributed by atoms with Gasteiger partial charge in [0.05, 0.1) is 19.6 Å². The van der Waals surface area contributed by atoms with Gasteiger partial charge in [0.15, 0.2) is 0 Å². The molecule has 2 rings (SSSR count). The molecule has 0 heterocycles. The van der Waals surface area contributed by atoms with E-state index in [1.165, 1.54) is 29.6 Å². The van der Waals surface area contributed by atoms with Gasteiger partial charge in [-0.05, 0) is 66.9 Å². The van der Waals surface area contributed by atoms with E-state index in [0.717, 1.165) is 51.4 Å². The van der Waals surface area contributed by atoms with Crippen LogP contribution in [0.25, 0.3) is 0 Å². The largest absolute Gasteiger partial charge is 0.469 e. The van der Waals surface area contributed by atoms with E-state index in [9.17, 15) is 14.7 Å².